The third-order valence-corrected chi connectivity index (χ3v) is 3.38. The number of rotatable bonds is 3. The largest absolute Gasteiger partial charge is 0.314 e. The zero-order chi connectivity index (χ0) is 12.1. The molecular formula is C14H19N3. The highest BCUT2D eigenvalue weighted by molar-refractivity contribution is 5.34. The Labute approximate surface area is 103 Å². The molecule has 90 valence electrons. The van der Waals surface area contributed by atoms with Crippen LogP contribution in [0.4, 0.5) is 0 Å². The van der Waals surface area contributed by atoms with Crippen LogP contribution in [0.15, 0.2) is 24.3 Å². The van der Waals surface area contributed by atoms with E-state index in [1.54, 1.807) is 0 Å². The molecule has 1 atom stereocenters. The number of nitrogens with zero attached hydrogens (tertiary/aromatic N) is 2. The summed E-state index contributed by atoms with van der Waals surface area (Å²) in [7, 11) is 0. The summed E-state index contributed by atoms with van der Waals surface area (Å²) in [6.07, 6.45) is 1.09. The molecule has 0 saturated carbocycles. The first-order valence-electron chi connectivity index (χ1n) is 6.30. The monoisotopic (exact) mass is 229 g/mol. The molecule has 1 aliphatic heterocycles. The predicted octanol–water partition coefficient (Wildman–Crippen LogP) is 1.91. The number of piperazine rings is 1. The topological polar surface area (TPSA) is 39.1 Å². The lowest BCUT2D eigenvalue weighted by atomic mass is 10.00. The van der Waals surface area contributed by atoms with Crippen LogP contribution in [0.1, 0.15) is 30.5 Å². The van der Waals surface area contributed by atoms with E-state index in [4.69, 9.17) is 5.26 Å². The third kappa shape index (κ3) is 2.85. The second kappa shape index (κ2) is 5.81. The maximum absolute atomic E-state index is 8.95. The van der Waals surface area contributed by atoms with Gasteiger partial charge in [-0.2, -0.15) is 5.26 Å². The predicted molar refractivity (Wildman–Crippen MR) is 68.6 cm³/mol. The lowest BCUT2D eigenvalue weighted by Crippen LogP contribution is -2.45. The molecule has 1 aliphatic rings. The molecule has 0 unspecified atom stereocenters. The first-order chi connectivity index (χ1) is 8.35. The van der Waals surface area contributed by atoms with Gasteiger partial charge in [0, 0.05) is 32.2 Å². The van der Waals surface area contributed by atoms with Gasteiger partial charge in [-0.25, -0.2) is 0 Å². The van der Waals surface area contributed by atoms with Gasteiger partial charge in [-0.05, 0) is 24.1 Å². The van der Waals surface area contributed by atoms with Gasteiger partial charge in [0.1, 0.15) is 0 Å². The van der Waals surface area contributed by atoms with Gasteiger partial charge in [0.15, 0.2) is 0 Å². The third-order valence-electron chi connectivity index (χ3n) is 3.38. The Hall–Kier alpha value is -1.37. The summed E-state index contributed by atoms with van der Waals surface area (Å²) in [4.78, 5) is 2.51. The molecule has 3 nitrogen and oxygen atoms in total. The maximum Gasteiger partial charge on any atom is 0.0991 e. The number of nitriles is 1. The van der Waals surface area contributed by atoms with Crippen LogP contribution in [0, 0.1) is 11.3 Å². The Morgan fingerprint density at radius 2 is 2.18 bits per heavy atom. The molecule has 0 radical (unpaired) electrons. The van der Waals surface area contributed by atoms with E-state index in [0.717, 1.165) is 38.2 Å². The normalized spacial score (nSPS) is 18.6. The van der Waals surface area contributed by atoms with E-state index in [9.17, 15) is 0 Å². The molecule has 17 heavy (non-hydrogen) atoms. The van der Waals surface area contributed by atoms with E-state index in [1.807, 2.05) is 18.2 Å². The minimum absolute atomic E-state index is 0.449. The molecule has 0 bridgehead atoms. The lowest BCUT2D eigenvalue weighted by molar-refractivity contribution is 0.169. The molecule has 2 rings (SSSR count). The Kier molecular flexibility index (Phi) is 4.13. The van der Waals surface area contributed by atoms with Crippen LogP contribution < -0.4 is 5.32 Å². The fourth-order valence-corrected chi connectivity index (χ4v) is 2.51. The molecule has 0 amide bonds. The molecule has 1 aromatic carbocycles. The van der Waals surface area contributed by atoms with Crippen molar-refractivity contribution in [2.75, 3.05) is 26.2 Å². The first kappa shape index (κ1) is 12.1. The Bertz CT molecular complexity index is 402. The lowest BCUT2D eigenvalue weighted by Gasteiger charge is -2.34. The summed E-state index contributed by atoms with van der Waals surface area (Å²) < 4.78 is 0. The van der Waals surface area contributed by atoms with Crippen molar-refractivity contribution >= 4 is 0 Å². The van der Waals surface area contributed by atoms with Gasteiger partial charge < -0.3 is 5.32 Å². The van der Waals surface area contributed by atoms with E-state index in [2.05, 4.69) is 29.3 Å². The van der Waals surface area contributed by atoms with Gasteiger partial charge in [-0.3, -0.25) is 4.90 Å². The van der Waals surface area contributed by atoms with E-state index < -0.39 is 0 Å². The summed E-state index contributed by atoms with van der Waals surface area (Å²) in [5, 5.41) is 12.3. The highest BCUT2D eigenvalue weighted by Gasteiger charge is 2.20. The summed E-state index contributed by atoms with van der Waals surface area (Å²) in [6.45, 7) is 6.53. The van der Waals surface area contributed by atoms with Crippen molar-refractivity contribution in [2.24, 2.45) is 0 Å². The molecule has 3 heteroatoms. The Morgan fingerprint density at radius 3 is 2.82 bits per heavy atom. The minimum Gasteiger partial charge on any atom is -0.314 e. The highest BCUT2D eigenvalue weighted by Crippen LogP contribution is 2.24. The zero-order valence-corrected chi connectivity index (χ0v) is 10.3. The van der Waals surface area contributed by atoms with Crippen molar-refractivity contribution in [2.45, 2.75) is 19.4 Å². The number of hydrogen-bond donors (Lipinski definition) is 1. The van der Waals surface area contributed by atoms with Crippen molar-refractivity contribution in [1.29, 1.82) is 5.26 Å². The maximum atomic E-state index is 8.95. The highest BCUT2D eigenvalue weighted by atomic mass is 15.2. The van der Waals surface area contributed by atoms with Crippen LogP contribution >= 0.6 is 0 Å². The molecule has 1 aromatic rings. The van der Waals surface area contributed by atoms with Crippen LogP contribution in [-0.2, 0) is 0 Å². The smallest absolute Gasteiger partial charge is 0.0991 e. The second-order valence-corrected chi connectivity index (χ2v) is 4.45. The molecule has 1 heterocycles. The van der Waals surface area contributed by atoms with Crippen molar-refractivity contribution in [3.8, 4) is 6.07 Å². The average Bonchev–Trinajstić information content (AvgIpc) is 2.41. The van der Waals surface area contributed by atoms with Crippen LogP contribution in [0.25, 0.3) is 0 Å². The molecule has 0 aromatic heterocycles. The molecule has 1 fully saturated rings. The molecule has 0 spiro atoms. The van der Waals surface area contributed by atoms with Gasteiger partial charge in [0.25, 0.3) is 0 Å². The number of hydrogen-bond acceptors (Lipinski definition) is 3. The van der Waals surface area contributed by atoms with E-state index in [-0.39, 0.29) is 0 Å². The van der Waals surface area contributed by atoms with Crippen LogP contribution in [0.3, 0.4) is 0 Å². The molecular weight excluding hydrogens is 210 g/mol. The Balaban J connectivity index is 2.18. The van der Waals surface area contributed by atoms with Gasteiger partial charge in [-0.1, -0.05) is 19.1 Å². The molecule has 1 N–H and O–H groups in total. The first-order valence-corrected chi connectivity index (χ1v) is 6.30. The number of nitrogens with one attached hydrogen (secondary N) is 1. The van der Waals surface area contributed by atoms with E-state index >= 15 is 0 Å². The van der Waals surface area contributed by atoms with Crippen molar-refractivity contribution in [1.82, 2.24) is 10.2 Å². The van der Waals surface area contributed by atoms with Gasteiger partial charge in [0.05, 0.1) is 11.6 Å². The summed E-state index contributed by atoms with van der Waals surface area (Å²) in [5.74, 6) is 0. The fraction of sp³-hybridized carbons (Fsp3) is 0.500. The SMILES string of the molecule is CC[C@@H](c1cccc(C#N)c1)N1CCNCC1. The standard InChI is InChI=1S/C14H19N3/c1-2-14(17-8-6-16-7-9-17)13-5-3-4-12(10-13)11-15/h3-5,10,14,16H,2,6-9H2,1H3/t14-/m0/s1. The summed E-state index contributed by atoms with van der Waals surface area (Å²) in [6, 6.07) is 10.7. The van der Waals surface area contributed by atoms with Crippen LogP contribution in [0.5, 0.6) is 0 Å². The van der Waals surface area contributed by atoms with Crippen LogP contribution in [0.2, 0.25) is 0 Å². The van der Waals surface area contributed by atoms with Gasteiger partial charge in [0.2, 0.25) is 0 Å². The van der Waals surface area contributed by atoms with Crippen LogP contribution in [-0.4, -0.2) is 31.1 Å². The summed E-state index contributed by atoms with van der Waals surface area (Å²) >= 11 is 0. The zero-order valence-electron chi connectivity index (χ0n) is 10.3. The van der Waals surface area contributed by atoms with E-state index in [0.29, 0.717) is 6.04 Å². The van der Waals surface area contributed by atoms with Crippen molar-refractivity contribution in [3.63, 3.8) is 0 Å². The fourth-order valence-electron chi connectivity index (χ4n) is 2.51. The van der Waals surface area contributed by atoms with E-state index in [1.165, 1.54) is 5.56 Å². The second-order valence-electron chi connectivity index (χ2n) is 4.45. The van der Waals surface area contributed by atoms with Crippen molar-refractivity contribution in [3.05, 3.63) is 35.4 Å². The molecule has 0 aliphatic carbocycles. The minimum atomic E-state index is 0.449. The summed E-state index contributed by atoms with van der Waals surface area (Å²) in [5.41, 5.74) is 2.03. The average molecular weight is 229 g/mol. The quantitative estimate of drug-likeness (QED) is 0.860. The number of benzene rings is 1. The van der Waals surface area contributed by atoms with Gasteiger partial charge >= 0.3 is 0 Å². The van der Waals surface area contributed by atoms with Crippen molar-refractivity contribution < 1.29 is 0 Å². The van der Waals surface area contributed by atoms with Gasteiger partial charge in [-0.15, -0.1) is 0 Å². The molecule has 1 saturated heterocycles. The Morgan fingerprint density at radius 1 is 1.41 bits per heavy atom.